The molecule has 0 spiro atoms. The Morgan fingerprint density at radius 1 is 1.25 bits per heavy atom. The molecule has 1 unspecified atom stereocenters. The minimum Gasteiger partial charge on any atom is -0.350 e. The van der Waals surface area contributed by atoms with E-state index in [1.54, 1.807) is 7.11 Å². The Kier molecular flexibility index (Phi) is 3.74. The van der Waals surface area contributed by atoms with Crippen LogP contribution in [0.4, 0.5) is 10.5 Å². The number of nitrogens with one attached hydrogen (secondary N) is 1. The van der Waals surface area contributed by atoms with E-state index in [1.165, 1.54) is 12.8 Å². The van der Waals surface area contributed by atoms with Gasteiger partial charge in [0.15, 0.2) is 5.72 Å². The highest BCUT2D eigenvalue weighted by molar-refractivity contribution is 6.30. The molecule has 1 saturated carbocycles. The van der Waals surface area contributed by atoms with Gasteiger partial charge in [-0.2, -0.15) is 0 Å². The second kappa shape index (κ2) is 5.80. The molecule has 4 nitrogen and oxygen atoms in total. The molecule has 0 aromatic heterocycles. The van der Waals surface area contributed by atoms with E-state index in [4.69, 9.17) is 16.3 Å². The number of nitrogens with zero attached hydrogens (tertiary/aromatic N) is 1. The summed E-state index contributed by atoms with van der Waals surface area (Å²) >= 11 is 6.26. The largest absolute Gasteiger partial charge is 0.350 e. The molecular weight excluding hydrogens is 324 g/mol. The Hall–Kier alpha value is -2.04. The zero-order valence-electron chi connectivity index (χ0n) is 13.5. The van der Waals surface area contributed by atoms with Crippen LogP contribution in [0.5, 0.6) is 0 Å². The summed E-state index contributed by atoms with van der Waals surface area (Å²) < 4.78 is 5.87. The van der Waals surface area contributed by atoms with Crippen LogP contribution in [0.2, 0.25) is 5.02 Å². The maximum Gasteiger partial charge on any atom is 0.324 e. The average molecular weight is 343 g/mol. The first-order chi connectivity index (χ1) is 11.6. The van der Waals surface area contributed by atoms with E-state index in [9.17, 15) is 4.79 Å². The van der Waals surface area contributed by atoms with Crippen molar-refractivity contribution in [2.45, 2.75) is 18.6 Å². The highest BCUT2D eigenvalue weighted by Gasteiger charge is 2.45. The van der Waals surface area contributed by atoms with E-state index in [-0.39, 0.29) is 6.03 Å². The number of methoxy groups -OCH3 is 1. The van der Waals surface area contributed by atoms with Crippen LogP contribution in [0.1, 0.15) is 24.0 Å². The number of amides is 2. The molecule has 24 heavy (non-hydrogen) atoms. The standard InChI is InChI=1S/C19H19ClN2O2/c1-24-19(14-5-3-2-4-6-14)16-11-15(20)9-10-17(16)22(18(23)21-19)12-13-7-8-13/h2-6,9-11,13H,7-8,12H2,1H3,(H,21,23). The first-order valence-corrected chi connectivity index (χ1v) is 8.52. The lowest BCUT2D eigenvalue weighted by molar-refractivity contribution is 0.000129. The van der Waals surface area contributed by atoms with Gasteiger partial charge in [0.1, 0.15) is 0 Å². The third-order valence-electron chi connectivity index (χ3n) is 4.78. The summed E-state index contributed by atoms with van der Waals surface area (Å²) in [6.07, 6.45) is 2.36. The number of benzene rings is 2. The van der Waals surface area contributed by atoms with Crippen LogP contribution < -0.4 is 10.2 Å². The van der Waals surface area contributed by atoms with Gasteiger partial charge >= 0.3 is 6.03 Å². The molecular formula is C19H19ClN2O2. The van der Waals surface area contributed by atoms with E-state index in [2.05, 4.69) is 5.32 Å². The highest BCUT2D eigenvalue weighted by Crippen LogP contribution is 2.43. The Balaban J connectivity index is 1.89. The molecule has 0 saturated heterocycles. The van der Waals surface area contributed by atoms with Crippen LogP contribution in [0.25, 0.3) is 0 Å². The molecule has 5 heteroatoms. The molecule has 4 rings (SSSR count). The number of carbonyl (C=O) groups excluding carboxylic acids is 1. The summed E-state index contributed by atoms with van der Waals surface area (Å²) in [4.78, 5) is 14.7. The summed E-state index contributed by atoms with van der Waals surface area (Å²) in [6.45, 7) is 0.731. The van der Waals surface area contributed by atoms with Crippen molar-refractivity contribution in [1.82, 2.24) is 5.32 Å². The van der Waals surface area contributed by atoms with Gasteiger partial charge in [-0.25, -0.2) is 4.79 Å². The van der Waals surface area contributed by atoms with Crippen LogP contribution in [0.3, 0.4) is 0 Å². The van der Waals surface area contributed by atoms with E-state index < -0.39 is 5.72 Å². The predicted molar refractivity (Wildman–Crippen MR) is 94.3 cm³/mol. The number of hydrogen-bond donors (Lipinski definition) is 1. The summed E-state index contributed by atoms with van der Waals surface area (Å²) in [5.41, 5.74) is 1.57. The van der Waals surface area contributed by atoms with Crippen LogP contribution in [0.15, 0.2) is 48.5 Å². The zero-order chi connectivity index (χ0) is 16.7. The molecule has 1 fully saturated rings. The SMILES string of the molecule is COC1(c2ccccc2)NC(=O)N(CC2CC2)c2ccc(Cl)cc21. The normalized spacial score (nSPS) is 22.9. The van der Waals surface area contributed by atoms with Crippen LogP contribution in [-0.2, 0) is 10.5 Å². The molecule has 1 atom stereocenters. The molecule has 1 aliphatic heterocycles. The predicted octanol–water partition coefficient (Wildman–Crippen LogP) is 4.13. The van der Waals surface area contributed by atoms with Crippen molar-refractivity contribution >= 4 is 23.3 Å². The molecule has 2 aromatic rings. The monoisotopic (exact) mass is 342 g/mol. The third-order valence-corrected chi connectivity index (χ3v) is 5.02. The topological polar surface area (TPSA) is 41.6 Å². The summed E-state index contributed by atoms with van der Waals surface area (Å²) in [5.74, 6) is 0.589. The summed E-state index contributed by atoms with van der Waals surface area (Å²) in [7, 11) is 1.61. The Morgan fingerprint density at radius 3 is 2.67 bits per heavy atom. The van der Waals surface area contributed by atoms with E-state index >= 15 is 0 Å². The summed E-state index contributed by atoms with van der Waals surface area (Å²) in [6, 6.07) is 15.2. The Labute approximate surface area is 146 Å². The molecule has 2 amide bonds. The molecule has 0 bridgehead atoms. The van der Waals surface area contributed by atoms with Gasteiger partial charge in [0.2, 0.25) is 0 Å². The third kappa shape index (κ3) is 2.46. The average Bonchev–Trinajstić information content (AvgIpc) is 3.42. The number of carbonyl (C=O) groups is 1. The number of halogens is 1. The van der Waals surface area contributed by atoms with Gasteiger partial charge < -0.3 is 10.1 Å². The van der Waals surface area contributed by atoms with Crippen LogP contribution >= 0.6 is 11.6 Å². The second-order valence-corrected chi connectivity index (χ2v) is 6.83. The van der Waals surface area contributed by atoms with Gasteiger partial charge in [0, 0.05) is 29.8 Å². The quantitative estimate of drug-likeness (QED) is 0.907. The minimum atomic E-state index is -1.03. The minimum absolute atomic E-state index is 0.137. The number of hydrogen-bond acceptors (Lipinski definition) is 2. The molecule has 1 heterocycles. The lowest BCUT2D eigenvalue weighted by Crippen LogP contribution is -2.58. The van der Waals surface area contributed by atoms with Gasteiger partial charge in [-0.05, 0) is 37.0 Å². The van der Waals surface area contributed by atoms with Gasteiger partial charge in [0.25, 0.3) is 0 Å². The fraction of sp³-hybridized carbons (Fsp3) is 0.316. The lowest BCUT2D eigenvalue weighted by Gasteiger charge is -2.43. The van der Waals surface area contributed by atoms with Crippen molar-refractivity contribution in [2.75, 3.05) is 18.6 Å². The molecule has 2 aromatic carbocycles. The van der Waals surface area contributed by atoms with E-state index in [0.717, 1.165) is 23.4 Å². The van der Waals surface area contributed by atoms with Gasteiger partial charge in [-0.1, -0.05) is 41.9 Å². The smallest absolute Gasteiger partial charge is 0.324 e. The molecule has 2 aliphatic rings. The fourth-order valence-corrected chi connectivity index (χ4v) is 3.51. The van der Waals surface area contributed by atoms with Gasteiger partial charge in [-0.15, -0.1) is 0 Å². The van der Waals surface area contributed by atoms with Crippen molar-refractivity contribution in [3.8, 4) is 0 Å². The number of rotatable bonds is 4. The van der Waals surface area contributed by atoms with Crippen LogP contribution in [-0.4, -0.2) is 19.7 Å². The van der Waals surface area contributed by atoms with Crippen molar-refractivity contribution in [2.24, 2.45) is 5.92 Å². The number of fused-ring (bicyclic) bond motifs is 1. The highest BCUT2D eigenvalue weighted by atomic mass is 35.5. The van der Waals surface area contributed by atoms with Gasteiger partial charge in [-0.3, -0.25) is 4.90 Å². The Bertz CT molecular complexity index is 776. The van der Waals surface area contributed by atoms with Crippen molar-refractivity contribution < 1.29 is 9.53 Å². The van der Waals surface area contributed by atoms with Crippen LogP contribution in [0, 0.1) is 5.92 Å². The van der Waals surface area contributed by atoms with E-state index in [1.807, 2.05) is 53.4 Å². The molecule has 1 N–H and O–H groups in total. The number of urea groups is 1. The zero-order valence-corrected chi connectivity index (χ0v) is 14.2. The van der Waals surface area contributed by atoms with E-state index in [0.29, 0.717) is 10.9 Å². The fourth-order valence-electron chi connectivity index (χ4n) is 3.34. The van der Waals surface area contributed by atoms with Crippen molar-refractivity contribution in [3.63, 3.8) is 0 Å². The number of ether oxygens (including phenoxy) is 1. The maximum absolute atomic E-state index is 12.9. The first kappa shape index (κ1) is 15.5. The summed E-state index contributed by atoms with van der Waals surface area (Å²) in [5, 5.41) is 3.69. The maximum atomic E-state index is 12.9. The number of anilines is 1. The van der Waals surface area contributed by atoms with Crippen molar-refractivity contribution in [1.29, 1.82) is 0 Å². The molecule has 1 aliphatic carbocycles. The molecule has 124 valence electrons. The second-order valence-electron chi connectivity index (χ2n) is 6.40. The lowest BCUT2D eigenvalue weighted by atomic mass is 9.90. The van der Waals surface area contributed by atoms with Gasteiger partial charge in [0.05, 0.1) is 5.69 Å². The van der Waals surface area contributed by atoms with Crippen molar-refractivity contribution in [3.05, 3.63) is 64.7 Å². The molecule has 0 radical (unpaired) electrons. The Morgan fingerprint density at radius 2 is 2.00 bits per heavy atom. The first-order valence-electron chi connectivity index (χ1n) is 8.14.